The van der Waals surface area contributed by atoms with Crippen LogP contribution in [0.4, 0.5) is 5.69 Å². The highest BCUT2D eigenvalue weighted by Gasteiger charge is 2.31. The lowest BCUT2D eigenvalue weighted by Gasteiger charge is -2.31. The topological polar surface area (TPSA) is 55.8 Å². The molecular weight excluding hydrogens is 302 g/mol. The van der Waals surface area contributed by atoms with Gasteiger partial charge in [0.25, 0.3) is 0 Å². The Labute approximate surface area is 144 Å². The maximum atomic E-state index is 11.4. The second-order valence-electron chi connectivity index (χ2n) is 7.08. The molecule has 2 heterocycles. The zero-order chi connectivity index (χ0) is 16.9. The average Bonchev–Trinajstić information content (AvgIpc) is 3.19. The Hall–Kier alpha value is -1.43. The third-order valence-electron chi connectivity index (χ3n) is 5.36. The van der Waals surface area contributed by atoms with Gasteiger partial charge in [-0.25, -0.2) is 0 Å². The van der Waals surface area contributed by atoms with Crippen molar-refractivity contribution in [2.45, 2.75) is 51.2 Å². The van der Waals surface area contributed by atoms with Gasteiger partial charge in [-0.05, 0) is 50.4 Å². The quantitative estimate of drug-likeness (QED) is 0.838. The van der Waals surface area contributed by atoms with E-state index in [-0.39, 0.29) is 12.5 Å². The molecule has 0 aliphatic carbocycles. The molecule has 1 amide bonds. The standard InChI is InChI=1S/C19H29N3O2/c1-15(24)20-19-9-3-2-6-16(19)12-21-10-4-7-17(21)13-22-11-5-8-18(22)14-23/h2-3,6,9,17-18,23H,4-5,7-8,10-14H2,1H3,(H,20,24)/t17-,18+/m0/s1. The molecular formula is C19H29N3O2. The van der Waals surface area contributed by atoms with E-state index in [1.54, 1.807) is 6.92 Å². The van der Waals surface area contributed by atoms with E-state index in [1.807, 2.05) is 18.2 Å². The van der Waals surface area contributed by atoms with Crippen molar-refractivity contribution < 1.29 is 9.90 Å². The number of carbonyl (C=O) groups excluding carboxylic acids is 1. The Morgan fingerprint density at radius 3 is 2.62 bits per heavy atom. The minimum atomic E-state index is -0.0247. The first kappa shape index (κ1) is 17.4. The summed E-state index contributed by atoms with van der Waals surface area (Å²) in [6.07, 6.45) is 4.76. The molecule has 5 nitrogen and oxygen atoms in total. The first-order valence-electron chi connectivity index (χ1n) is 9.12. The molecule has 2 aliphatic rings. The number of rotatable bonds is 6. The van der Waals surface area contributed by atoms with E-state index in [4.69, 9.17) is 0 Å². The number of para-hydroxylation sites is 1. The first-order chi connectivity index (χ1) is 11.7. The maximum absolute atomic E-state index is 11.4. The average molecular weight is 331 g/mol. The fourth-order valence-corrected chi connectivity index (χ4v) is 4.11. The number of nitrogens with zero attached hydrogens (tertiary/aromatic N) is 2. The summed E-state index contributed by atoms with van der Waals surface area (Å²) in [6.45, 7) is 5.97. The summed E-state index contributed by atoms with van der Waals surface area (Å²) < 4.78 is 0. The molecule has 132 valence electrons. The molecule has 1 aromatic carbocycles. The van der Waals surface area contributed by atoms with Crippen molar-refractivity contribution in [3.63, 3.8) is 0 Å². The van der Waals surface area contributed by atoms with Crippen LogP contribution in [0.1, 0.15) is 38.2 Å². The van der Waals surface area contributed by atoms with Gasteiger partial charge in [0.2, 0.25) is 5.91 Å². The molecule has 1 aromatic rings. The Kier molecular flexibility index (Phi) is 5.87. The molecule has 0 radical (unpaired) electrons. The summed E-state index contributed by atoms with van der Waals surface area (Å²) in [4.78, 5) is 16.4. The van der Waals surface area contributed by atoms with Crippen LogP contribution >= 0.6 is 0 Å². The van der Waals surface area contributed by atoms with Gasteiger partial charge >= 0.3 is 0 Å². The molecule has 0 bridgehead atoms. The van der Waals surface area contributed by atoms with Crippen molar-refractivity contribution in [1.82, 2.24) is 9.80 Å². The lowest BCUT2D eigenvalue weighted by Crippen LogP contribution is -2.43. The Morgan fingerprint density at radius 1 is 1.17 bits per heavy atom. The van der Waals surface area contributed by atoms with Crippen LogP contribution in [0.5, 0.6) is 0 Å². The van der Waals surface area contributed by atoms with Crippen molar-refractivity contribution in [2.24, 2.45) is 0 Å². The zero-order valence-electron chi connectivity index (χ0n) is 14.6. The van der Waals surface area contributed by atoms with Gasteiger partial charge in [0.05, 0.1) is 6.61 Å². The zero-order valence-corrected chi connectivity index (χ0v) is 14.6. The van der Waals surface area contributed by atoms with Gasteiger partial charge in [0.15, 0.2) is 0 Å². The van der Waals surface area contributed by atoms with Crippen LogP contribution in [0.25, 0.3) is 0 Å². The van der Waals surface area contributed by atoms with Crippen LogP contribution in [0.2, 0.25) is 0 Å². The van der Waals surface area contributed by atoms with E-state index >= 15 is 0 Å². The number of carbonyl (C=O) groups is 1. The number of hydrogen-bond donors (Lipinski definition) is 2. The molecule has 0 saturated carbocycles. The Balaban J connectivity index is 1.65. The number of amides is 1. The molecule has 2 N–H and O–H groups in total. The molecule has 24 heavy (non-hydrogen) atoms. The van der Waals surface area contributed by atoms with Crippen LogP contribution < -0.4 is 5.32 Å². The van der Waals surface area contributed by atoms with Gasteiger partial charge in [-0.2, -0.15) is 0 Å². The van der Waals surface area contributed by atoms with E-state index in [0.29, 0.717) is 12.1 Å². The van der Waals surface area contributed by atoms with Gasteiger partial charge in [0.1, 0.15) is 0 Å². The molecule has 0 aromatic heterocycles. The second-order valence-corrected chi connectivity index (χ2v) is 7.08. The number of likely N-dealkylation sites (tertiary alicyclic amines) is 2. The van der Waals surface area contributed by atoms with Crippen LogP contribution in [0, 0.1) is 0 Å². The largest absolute Gasteiger partial charge is 0.395 e. The summed E-state index contributed by atoms with van der Waals surface area (Å²) in [5.41, 5.74) is 2.10. The smallest absolute Gasteiger partial charge is 0.221 e. The molecule has 0 unspecified atom stereocenters. The summed E-state index contributed by atoms with van der Waals surface area (Å²) in [5, 5.41) is 12.5. The Bertz CT molecular complexity index is 563. The molecule has 2 fully saturated rings. The summed E-state index contributed by atoms with van der Waals surface area (Å²) in [5.74, 6) is -0.0247. The summed E-state index contributed by atoms with van der Waals surface area (Å²) >= 11 is 0. The predicted molar refractivity (Wildman–Crippen MR) is 95.9 cm³/mol. The van der Waals surface area contributed by atoms with Gasteiger partial charge in [-0.15, -0.1) is 0 Å². The van der Waals surface area contributed by atoms with Crippen LogP contribution in [0.15, 0.2) is 24.3 Å². The summed E-state index contributed by atoms with van der Waals surface area (Å²) in [6, 6.07) is 8.97. The number of nitrogens with one attached hydrogen (secondary N) is 1. The third-order valence-corrected chi connectivity index (χ3v) is 5.36. The minimum Gasteiger partial charge on any atom is -0.395 e. The fraction of sp³-hybridized carbons (Fsp3) is 0.632. The van der Waals surface area contributed by atoms with Crippen LogP contribution in [-0.2, 0) is 11.3 Å². The lowest BCUT2D eigenvalue weighted by atomic mass is 10.1. The monoisotopic (exact) mass is 331 g/mol. The van der Waals surface area contributed by atoms with E-state index in [1.165, 1.54) is 24.8 Å². The van der Waals surface area contributed by atoms with E-state index in [0.717, 1.165) is 38.3 Å². The van der Waals surface area contributed by atoms with Gasteiger partial charge in [0, 0.05) is 37.8 Å². The highest BCUT2D eigenvalue weighted by Crippen LogP contribution is 2.26. The third kappa shape index (κ3) is 4.15. The molecule has 2 saturated heterocycles. The molecule has 2 atom stereocenters. The fourth-order valence-electron chi connectivity index (χ4n) is 4.11. The highest BCUT2D eigenvalue weighted by molar-refractivity contribution is 5.89. The summed E-state index contributed by atoms with van der Waals surface area (Å²) in [7, 11) is 0. The number of hydrogen-bond acceptors (Lipinski definition) is 4. The number of aliphatic hydroxyl groups is 1. The number of aliphatic hydroxyl groups excluding tert-OH is 1. The SMILES string of the molecule is CC(=O)Nc1ccccc1CN1CCC[C@H]1CN1CCC[C@@H]1CO. The highest BCUT2D eigenvalue weighted by atomic mass is 16.3. The second kappa shape index (κ2) is 8.10. The van der Waals surface area contributed by atoms with E-state index in [2.05, 4.69) is 21.2 Å². The van der Waals surface area contributed by atoms with Gasteiger partial charge < -0.3 is 10.4 Å². The first-order valence-corrected chi connectivity index (χ1v) is 9.12. The molecule has 2 aliphatic heterocycles. The van der Waals surface area contributed by atoms with Crippen molar-refractivity contribution in [3.05, 3.63) is 29.8 Å². The van der Waals surface area contributed by atoms with Crippen LogP contribution in [-0.4, -0.2) is 59.1 Å². The molecule has 5 heteroatoms. The number of anilines is 1. The van der Waals surface area contributed by atoms with Crippen LogP contribution in [0.3, 0.4) is 0 Å². The molecule has 3 rings (SSSR count). The van der Waals surface area contributed by atoms with Crippen molar-refractivity contribution in [3.8, 4) is 0 Å². The maximum Gasteiger partial charge on any atom is 0.221 e. The lowest BCUT2D eigenvalue weighted by molar-refractivity contribution is -0.114. The van der Waals surface area contributed by atoms with E-state index < -0.39 is 0 Å². The van der Waals surface area contributed by atoms with Crippen molar-refractivity contribution >= 4 is 11.6 Å². The predicted octanol–water partition coefficient (Wildman–Crippen LogP) is 2.07. The van der Waals surface area contributed by atoms with Gasteiger partial charge in [-0.1, -0.05) is 18.2 Å². The van der Waals surface area contributed by atoms with Crippen molar-refractivity contribution in [2.75, 3.05) is 31.6 Å². The van der Waals surface area contributed by atoms with Gasteiger partial charge in [-0.3, -0.25) is 14.6 Å². The van der Waals surface area contributed by atoms with E-state index in [9.17, 15) is 9.90 Å². The van der Waals surface area contributed by atoms with Crippen molar-refractivity contribution in [1.29, 1.82) is 0 Å². The number of benzene rings is 1. The minimum absolute atomic E-state index is 0.0247. The normalized spacial score (nSPS) is 25.2. The Morgan fingerprint density at radius 2 is 1.88 bits per heavy atom. The molecule has 0 spiro atoms.